The van der Waals surface area contributed by atoms with Crippen LogP contribution >= 0.6 is 0 Å². The highest BCUT2D eigenvalue weighted by Gasteiger charge is 2.30. The van der Waals surface area contributed by atoms with E-state index in [2.05, 4.69) is 223 Å². The lowest BCUT2D eigenvalue weighted by Crippen LogP contribution is -2.20. The maximum Gasteiger partial charge on any atom is 0.0540 e. The average molecular weight is 767 g/mol. The van der Waals surface area contributed by atoms with Gasteiger partial charge in [0.25, 0.3) is 0 Å². The third-order valence-corrected chi connectivity index (χ3v) is 13.1. The summed E-state index contributed by atoms with van der Waals surface area (Å²) >= 11 is 0. The lowest BCUT2D eigenvalue weighted by molar-refractivity contribution is 0.892. The van der Waals surface area contributed by atoms with Crippen molar-refractivity contribution >= 4 is 73.9 Å². The molecule has 1 aliphatic carbocycles. The molecule has 0 saturated carbocycles. The number of allylic oxidation sites excluding steroid dienone is 1. The second-order valence-corrected chi connectivity index (χ2v) is 16.4. The largest absolute Gasteiger partial charge is 0.310 e. The van der Waals surface area contributed by atoms with Crippen molar-refractivity contribution in [3.8, 4) is 22.3 Å². The van der Waals surface area contributed by atoms with Gasteiger partial charge in [-0.3, -0.25) is 0 Å². The molecule has 0 fully saturated rings. The second kappa shape index (κ2) is 13.9. The van der Waals surface area contributed by atoms with E-state index in [1.165, 1.54) is 106 Å². The molecule has 2 aliphatic heterocycles. The van der Waals surface area contributed by atoms with Crippen molar-refractivity contribution in [1.82, 2.24) is 0 Å². The van der Waals surface area contributed by atoms with Gasteiger partial charge < -0.3 is 9.80 Å². The summed E-state index contributed by atoms with van der Waals surface area (Å²) in [5.41, 5.74) is 20.1. The predicted molar refractivity (Wildman–Crippen MR) is 255 cm³/mol. The molecule has 1 atom stereocenters. The fraction of sp³-hybridized carbons (Fsp3) is 0.0690. The number of anilines is 6. The average Bonchev–Trinajstić information content (AvgIpc) is 3.48. The van der Waals surface area contributed by atoms with Gasteiger partial charge in [0.2, 0.25) is 0 Å². The standard InChI is InChI=1S/C58H42N2/c1-38-46-21-13-15-27-55(46)60(45-19-6-3-7-20-45)57-37-42(32-33-47(38)57)53-35-43-34-52(48-22-9-11-24-50(48)58(43)51-25-12-10-23-49(51)53)41-31-30-40-29-28-39-16-8-14-26-54(39)59(56(40)36-41)44-17-4-2-5-18-44/h2-8,10-21,23-38H,9,22H2,1H3. The first-order valence-electron chi connectivity index (χ1n) is 21.2. The van der Waals surface area contributed by atoms with Crippen LogP contribution in [0.2, 0.25) is 0 Å². The molecule has 0 N–H and O–H groups in total. The Morgan fingerprint density at radius 3 is 1.83 bits per heavy atom. The van der Waals surface area contributed by atoms with Gasteiger partial charge in [0.05, 0.1) is 17.1 Å². The van der Waals surface area contributed by atoms with Crippen LogP contribution in [0.4, 0.5) is 34.1 Å². The van der Waals surface area contributed by atoms with Crippen LogP contribution in [0.1, 0.15) is 52.6 Å². The Kier molecular flexibility index (Phi) is 7.99. The van der Waals surface area contributed by atoms with Gasteiger partial charge in [-0.1, -0.05) is 153 Å². The van der Waals surface area contributed by atoms with Crippen molar-refractivity contribution in [2.24, 2.45) is 0 Å². The van der Waals surface area contributed by atoms with E-state index in [0.29, 0.717) is 0 Å². The highest BCUT2D eigenvalue weighted by molar-refractivity contribution is 6.18. The van der Waals surface area contributed by atoms with Gasteiger partial charge in [-0.15, -0.1) is 0 Å². The highest BCUT2D eigenvalue weighted by atomic mass is 15.2. The van der Waals surface area contributed by atoms with Gasteiger partial charge in [-0.05, 0) is 151 Å². The second-order valence-electron chi connectivity index (χ2n) is 16.4. The Morgan fingerprint density at radius 2 is 1.03 bits per heavy atom. The number of para-hydroxylation sites is 4. The number of rotatable bonds is 4. The molecule has 0 bridgehead atoms. The lowest BCUT2D eigenvalue weighted by atomic mass is 9.81. The van der Waals surface area contributed by atoms with Crippen LogP contribution in [0.15, 0.2) is 188 Å². The van der Waals surface area contributed by atoms with Crippen LogP contribution in [0.5, 0.6) is 0 Å². The summed E-state index contributed by atoms with van der Waals surface area (Å²) in [4.78, 5) is 4.89. The van der Waals surface area contributed by atoms with Crippen molar-refractivity contribution in [2.45, 2.75) is 25.7 Å². The minimum atomic E-state index is 0.280. The van der Waals surface area contributed by atoms with Gasteiger partial charge >= 0.3 is 0 Å². The van der Waals surface area contributed by atoms with Crippen molar-refractivity contribution in [3.05, 3.63) is 221 Å². The van der Waals surface area contributed by atoms with Crippen LogP contribution < -0.4 is 9.80 Å². The summed E-state index contributed by atoms with van der Waals surface area (Å²) in [7, 11) is 0. The van der Waals surface area contributed by atoms with E-state index in [0.717, 1.165) is 18.5 Å². The third kappa shape index (κ3) is 5.41. The summed E-state index contributed by atoms with van der Waals surface area (Å²) in [5.74, 6) is 0.280. The first kappa shape index (κ1) is 34.6. The minimum absolute atomic E-state index is 0.280. The molecule has 1 unspecified atom stereocenters. The van der Waals surface area contributed by atoms with Crippen molar-refractivity contribution in [1.29, 1.82) is 0 Å². The predicted octanol–water partition coefficient (Wildman–Crippen LogP) is 16.2. The molecule has 60 heavy (non-hydrogen) atoms. The Hall–Kier alpha value is -7.42. The zero-order valence-electron chi connectivity index (χ0n) is 33.5. The molecular weight excluding hydrogens is 725 g/mol. The van der Waals surface area contributed by atoms with E-state index >= 15 is 0 Å². The topological polar surface area (TPSA) is 6.48 Å². The van der Waals surface area contributed by atoms with E-state index in [1.54, 1.807) is 0 Å². The summed E-state index contributed by atoms with van der Waals surface area (Å²) < 4.78 is 0. The summed E-state index contributed by atoms with van der Waals surface area (Å²) in [6.45, 7) is 2.35. The Labute approximate surface area is 351 Å². The summed E-state index contributed by atoms with van der Waals surface area (Å²) in [6, 6.07) is 67.5. The van der Waals surface area contributed by atoms with Crippen LogP contribution in [0, 0.1) is 0 Å². The smallest absolute Gasteiger partial charge is 0.0540 e. The van der Waals surface area contributed by atoms with Crippen LogP contribution in [-0.4, -0.2) is 0 Å². The van der Waals surface area contributed by atoms with Crippen LogP contribution in [-0.2, 0) is 6.42 Å². The molecule has 2 nitrogen and oxygen atoms in total. The summed E-state index contributed by atoms with van der Waals surface area (Å²) in [6.07, 6.45) is 11.3. The molecule has 9 aromatic rings. The van der Waals surface area contributed by atoms with E-state index in [9.17, 15) is 0 Å². The fourth-order valence-electron chi connectivity index (χ4n) is 10.3. The van der Waals surface area contributed by atoms with Gasteiger partial charge in [-0.2, -0.15) is 0 Å². The first-order chi connectivity index (χ1) is 29.7. The molecule has 0 amide bonds. The van der Waals surface area contributed by atoms with Crippen LogP contribution in [0.3, 0.4) is 0 Å². The van der Waals surface area contributed by atoms with E-state index in [4.69, 9.17) is 0 Å². The number of hydrogen-bond donors (Lipinski definition) is 0. The quantitative estimate of drug-likeness (QED) is 0.165. The van der Waals surface area contributed by atoms with Gasteiger partial charge in [0.1, 0.15) is 0 Å². The van der Waals surface area contributed by atoms with Gasteiger partial charge in [0, 0.05) is 23.0 Å². The number of nitrogens with zero attached hydrogens (tertiary/aromatic N) is 2. The monoisotopic (exact) mass is 766 g/mol. The number of benzene rings is 9. The Balaban J connectivity index is 1.07. The molecule has 0 saturated heterocycles. The van der Waals surface area contributed by atoms with E-state index in [1.807, 2.05) is 0 Å². The molecule has 0 radical (unpaired) electrons. The first-order valence-corrected chi connectivity index (χ1v) is 21.2. The molecule has 9 aromatic carbocycles. The fourth-order valence-corrected chi connectivity index (χ4v) is 10.3. The number of hydrogen-bond acceptors (Lipinski definition) is 2. The van der Waals surface area contributed by atoms with Crippen molar-refractivity contribution in [2.75, 3.05) is 9.80 Å². The van der Waals surface area contributed by atoms with E-state index in [-0.39, 0.29) is 5.92 Å². The zero-order valence-corrected chi connectivity index (χ0v) is 33.5. The Bertz CT molecular complexity index is 3230. The van der Waals surface area contributed by atoms with Gasteiger partial charge in [-0.25, -0.2) is 0 Å². The number of fused-ring (bicyclic) bond motifs is 9. The highest BCUT2D eigenvalue weighted by Crippen LogP contribution is 2.51. The third-order valence-electron chi connectivity index (χ3n) is 13.1. The molecular formula is C58H42N2. The zero-order chi connectivity index (χ0) is 39.7. The molecule has 0 spiro atoms. The SMILES string of the molecule is CC1c2ccccc2N(c2ccccc2)c2cc(-c3cc4cc(-c5ccc6c(c5)N(c5ccccc5)c5ccccc5C=C6)c5c(c4c4ccccc34)C=CCC5)ccc21. The minimum Gasteiger partial charge on any atom is -0.310 e. The molecule has 2 heteroatoms. The molecule has 284 valence electrons. The maximum atomic E-state index is 2.49. The molecule has 3 aliphatic rings. The normalized spacial score (nSPS) is 14.9. The van der Waals surface area contributed by atoms with E-state index < -0.39 is 0 Å². The molecule has 2 heterocycles. The maximum absolute atomic E-state index is 2.49. The Morgan fingerprint density at radius 1 is 0.450 bits per heavy atom. The lowest BCUT2D eigenvalue weighted by Gasteiger charge is -2.37. The summed E-state index contributed by atoms with van der Waals surface area (Å²) in [5, 5.41) is 5.19. The molecule has 12 rings (SSSR count). The molecule has 0 aromatic heterocycles. The van der Waals surface area contributed by atoms with Crippen molar-refractivity contribution < 1.29 is 0 Å². The van der Waals surface area contributed by atoms with Crippen molar-refractivity contribution in [3.63, 3.8) is 0 Å². The van der Waals surface area contributed by atoms with Crippen LogP contribution in [0.25, 0.3) is 62.0 Å². The van der Waals surface area contributed by atoms with Gasteiger partial charge in [0.15, 0.2) is 0 Å².